The fourth-order valence-electron chi connectivity index (χ4n) is 7.55. The number of nitrogens with zero attached hydrogens (tertiary/aromatic N) is 5. The summed E-state index contributed by atoms with van der Waals surface area (Å²) in [6.07, 6.45) is 4.46. The van der Waals surface area contributed by atoms with Crippen molar-refractivity contribution in [2.24, 2.45) is 0 Å². The Bertz CT molecular complexity index is 2550. The van der Waals surface area contributed by atoms with Crippen molar-refractivity contribution in [1.29, 1.82) is 0 Å². The second-order valence-corrected chi connectivity index (χ2v) is 12.7. The van der Waals surface area contributed by atoms with Gasteiger partial charge in [0.25, 0.3) is 0 Å². The number of para-hydroxylation sites is 5. The highest BCUT2D eigenvalue weighted by Gasteiger charge is 2.24. The lowest BCUT2D eigenvalue weighted by Crippen LogP contribution is -2.27. The zero-order valence-electron chi connectivity index (χ0n) is 27.2. The van der Waals surface area contributed by atoms with E-state index in [1.54, 1.807) is 0 Å². The van der Waals surface area contributed by atoms with Crippen LogP contribution >= 0.6 is 0 Å². The maximum atomic E-state index is 5.44. The monoisotopic (exact) mass is 641 g/mol. The standard InChI is InChI=1S/C45H31N5/c1-3-15-31(16-4-1)32-27-28-43(48(30-32)33-17-5-2-6-18-33)38-29-44(49-39-23-11-7-19-34(39)35-20-8-12-24-40(35)49)47-45(46-38)50-41-25-13-9-21-36(41)37-22-10-14-26-42(37)50/h1-29H,30H2. The van der Waals surface area contributed by atoms with Gasteiger partial charge in [0.2, 0.25) is 5.95 Å². The Labute approximate surface area is 289 Å². The van der Waals surface area contributed by atoms with Gasteiger partial charge in [0.05, 0.1) is 33.5 Å². The summed E-state index contributed by atoms with van der Waals surface area (Å²) in [5.74, 6) is 1.44. The highest BCUT2D eigenvalue weighted by molar-refractivity contribution is 6.10. The molecular weight excluding hydrogens is 611 g/mol. The molecule has 1 aliphatic rings. The molecule has 0 fully saturated rings. The largest absolute Gasteiger partial charge is 0.335 e. The molecule has 0 bridgehead atoms. The Balaban J connectivity index is 1.28. The molecule has 0 saturated carbocycles. The lowest BCUT2D eigenvalue weighted by atomic mass is 10.00. The normalized spacial score (nSPS) is 13.3. The highest BCUT2D eigenvalue weighted by Crippen LogP contribution is 2.37. The van der Waals surface area contributed by atoms with Crippen molar-refractivity contribution in [2.45, 2.75) is 0 Å². The Morgan fingerprint density at radius 3 is 1.48 bits per heavy atom. The number of rotatable bonds is 5. The maximum Gasteiger partial charge on any atom is 0.237 e. The summed E-state index contributed by atoms with van der Waals surface area (Å²) in [7, 11) is 0. The van der Waals surface area contributed by atoms with Crippen molar-refractivity contribution in [3.8, 4) is 11.8 Å². The summed E-state index contributed by atoms with van der Waals surface area (Å²) in [6, 6.07) is 57.6. The molecule has 0 spiro atoms. The molecule has 0 amide bonds. The van der Waals surface area contributed by atoms with Gasteiger partial charge in [-0.3, -0.25) is 9.13 Å². The molecule has 5 nitrogen and oxygen atoms in total. The van der Waals surface area contributed by atoms with Crippen LogP contribution in [-0.4, -0.2) is 25.6 Å². The molecule has 0 atom stereocenters. The summed E-state index contributed by atoms with van der Waals surface area (Å²) in [6.45, 7) is 0.708. The zero-order chi connectivity index (χ0) is 33.0. The van der Waals surface area contributed by atoms with Crippen molar-refractivity contribution in [3.63, 3.8) is 0 Å². The van der Waals surface area contributed by atoms with Gasteiger partial charge in [0.1, 0.15) is 5.82 Å². The van der Waals surface area contributed by atoms with Crippen LogP contribution in [0.15, 0.2) is 176 Å². The summed E-state index contributed by atoms with van der Waals surface area (Å²) in [5, 5.41) is 4.74. The average molecular weight is 642 g/mol. The van der Waals surface area contributed by atoms with E-state index in [9.17, 15) is 0 Å². The van der Waals surface area contributed by atoms with Gasteiger partial charge in [0.15, 0.2) is 0 Å². The second kappa shape index (κ2) is 11.5. The SMILES string of the molecule is C1=C(c2ccccc2)CN(c2ccccc2)C(c2cc(-n3c4ccccc4c4ccccc43)nc(-n3c4ccccc4c4ccccc43)n2)=C1. The molecule has 0 unspecified atom stereocenters. The summed E-state index contributed by atoms with van der Waals surface area (Å²) in [5.41, 5.74) is 9.79. The Morgan fingerprint density at radius 2 is 0.920 bits per heavy atom. The minimum Gasteiger partial charge on any atom is -0.335 e. The van der Waals surface area contributed by atoms with Gasteiger partial charge in [0, 0.05) is 39.8 Å². The first kappa shape index (κ1) is 28.3. The smallest absolute Gasteiger partial charge is 0.237 e. The molecule has 5 heteroatoms. The van der Waals surface area contributed by atoms with E-state index in [2.05, 4.69) is 190 Å². The van der Waals surface area contributed by atoms with E-state index >= 15 is 0 Å². The fourth-order valence-corrected chi connectivity index (χ4v) is 7.55. The Kier molecular flexibility index (Phi) is 6.49. The second-order valence-electron chi connectivity index (χ2n) is 12.7. The predicted octanol–water partition coefficient (Wildman–Crippen LogP) is 10.6. The van der Waals surface area contributed by atoms with Gasteiger partial charge >= 0.3 is 0 Å². The van der Waals surface area contributed by atoms with Gasteiger partial charge in [-0.25, -0.2) is 4.98 Å². The Morgan fingerprint density at radius 1 is 0.440 bits per heavy atom. The summed E-state index contributed by atoms with van der Waals surface area (Å²) < 4.78 is 4.50. The lowest BCUT2D eigenvalue weighted by molar-refractivity contribution is 0.933. The van der Waals surface area contributed by atoms with Crippen LogP contribution in [0, 0.1) is 0 Å². The van der Waals surface area contributed by atoms with Crippen LogP contribution in [0.25, 0.3) is 66.6 Å². The number of hydrogen-bond donors (Lipinski definition) is 0. The molecule has 0 radical (unpaired) electrons. The van der Waals surface area contributed by atoms with Crippen LogP contribution < -0.4 is 4.90 Å². The third-order valence-electron chi connectivity index (χ3n) is 9.83. The number of fused-ring (bicyclic) bond motifs is 6. The molecule has 4 heterocycles. The van der Waals surface area contributed by atoms with Gasteiger partial charge in [-0.05, 0) is 53.6 Å². The van der Waals surface area contributed by atoms with E-state index in [0.717, 1.165) is 45.0 Å². The van der Waals surface area contributed by atoms with Crippen LogP contribution in [0.3, 0.4) is 0 Å². The van der Waals surface area contributed by atoms with Crippen molar-refractivity contribution in [3.05, 3.63) is 187 Å². The zero-order valence-corrected chi connectivity index (χ0v) is 27.2. The molecule has 0 saturated heterocycles. The lowest BCUT2D eigenvalue weighted by Gasteiger charge is -2.31. The molecule has 50 heavy (non-hydrogen) atoms. The van der Waals surface area contributed by atoms with E-state index in [1.165, 1.54) is 32.7 Å². The van der Waals surface area contributed by atoms with E-state index in [4.69, 9.17) is 9.97 Å². The quantitative estimate of drug-likeness (QED) is 0.188. The first-order valence-corrected chi connectivity index (χ1v) is 17.0. The van der Waals surface area contributed by atoms with E-state index in [0.29, 0.717) is 12.5 Å². The molecule has 0 aliphatic carbocycles. The molecule has 10 rings (SSSR count). The Hall–Kier alpha value is -6.72. The third-order valence-corrected chi connectivity index (χ3v) is 9.83. The summed E-state index contributed by atoms with van der Waals surface area (Å²) >= 11 is 0. The predicted molar refractivity (Wildman–Crippen MR) is 207 cm³/mol. The van der Waals surface area contributed by atoms with Crippen molar-refractivity contribution in [1.82, 2.24) is 19.1 Å². The topological polar surface area (TPSA) is 38.9 Å². The van der Waals surface area contributed by atoms with Gasteiger partial charge in [-0.1, -0.05) is 127 Å². The number of hydrogen-bond acceptors (Lipinski definition) is 3. The summed E-state index contributed by atoms with van der Waals surface area (Å²) in [4.78, 5) is 13.2. The molecule has 9 aromatic rings. The molecule has 3 aromatic heterocycles. The van der Waals surface area contributed by atoms with E-state index in [1.807, 2.05) is 0 Å². The minimum atomic E-state index is 0.628. The molecular formula is C45H31N5. The average Bonchev–Trinajstić information content (AvgIpc) is 3.71. The maximum absolute atomic E-state index is 5.44. The minimum absolute atomic E-state index is 0.628. The molecule has 1 aliphatic heterocycles. The van der Waals surface area contributed by atoms with Crippen LogP contribution in [-0.2, 0) is 0 Å². The first-order valence-electron chi connectivity index (χ1n) is 17.0. The van der Waals surface area contributed by atoms with Crippen molar-refractivity contribution >= 4 is 60.6 Å². The number of benzene rings is 6. The van der Waals surface area contributed by atoms with Crippen molar-refractivity contribution in [2.75, 3.05) is 11.4 Å². The van der Waals surface area contributed by atoms with Gasteiger partial charge in [-0.2, -0.15) is 4.98 Å². The molecule has 236 valence electrons. The van der Waals surface area contributed by atoms with Crippen LogP contribution in [0.1, 0.15) is 11.3 Å². The van der Waals surface area contributed by atoms with Gasteiger partial charge in [-0.15, -0.1) is 0 Å². The number of allylic oxidation sites excluding steroid dienone is 2. The number of anilines is 1. The third kappa shape index (κ3) is 4.48. The van der Waals surface area contributed by atoms with Crippen LogP contribution in [0.4, 0.5) is 5.69 Å². The van der Waals surface area contributed by atoms with Crippen LogP contribution in [0.5, 0.6) is 0 Å². The van der Waals surface area contributed by atoms with Crippen LogP contribution in [0.2, 0.25) is 0 Å². The van der Waals surface area contributed by atoms with Gasteiger partial charge < -0.3 is 4.90 Å². The fraction of sp³-hybridized carbons (Fsp3) is 0.0222. The number of aromatic nitrogens is 4. The first-order chi connectivity index (χ1) is 24.8. The van der Waals surface area contributed by atoms with E-state index < -0.39 is 0 Å². The highest BCUT2D eigenvalue weighted by atomic mass is 15.2. The molecule has 6 aromatic carbocycles. The van der Waals surface area contributed by atoms with Crippen molar-refractivity contribution < 1.29 is 0 Å². The van der Waals surface area contributed by atoms with E-state index in [-0.39, 0.29) is 0 Å². The molecule has 0 N–H and O–H groups in total.